The Labute approximate surface area is 123 Å². The van der Waals surface area contributed by atoms with E-state index in [9.17, 15) is 0 Å². The van der Waals surface area contributed by atoms with Gasteiger partial charge in [0.15, 0.2) is 0 Å². The third-order valence-corrected chi connectivity index (χ3v) is 4.34. The molecule has 1 nitrogen and oxygen atoms in total. The highest BCUT2D eigenvalue weighted by molar-refractivity contribution is 9.10. The summed E-state index contributed by atoms with van der Waals surface area (Å²) < 4.78 is 1.14. The highest BCUT2D eigenvalue weighted by Gasteiger charge is 2.24. The van der Waals surface area contributed by atoms with E-state index in [-0.39, 0.29) is 0 Å². The van der Waals surface area contributed by atoms with Crippen LogP contribution in [0.5, 0.6) is 0 Å². The zero-order valence-electron chi connectivity index (χ0n) is 10.9. The lowest BCUT2D eigenvalue weighted by molar-refractivity contribution is 0.281. The maximum absolute atomic E-state index is 3.52. The zero-order valence-corrected chi connectivity index (χ0v) is 12.5. The predicted octanol–water partition coefficient (Wildman–Crippen LogP) is 4.63. The maximum Gasteiger partial charge on any atom is 0.0601 e. The van der Waals surface area contributed by atoms with Gasteiger partial charge in [-0.15, -0.1) is 0 Å². The quantitative estimate of drug-likeness (QED) is 0.798. The molecular formula is C17H18BrN. The molecule has 1 saturated heterocycles. The number of hydrogen-bond acceptors (Lipinski definition) is 1. The summed E-state index contributed by atoms with van der Waals surface area (Å²) in [5.74, 6) is 0. The minimum atomic E-state index is 0.400. The number of hydrogen-bond donors (Lipinski definition) is 0. The van der Waals surface area contributed by atoms with Gasteiger partial charge in [-0.05, 0) is 49.2 Å². The Morgan fingerprint density at radius 2 is 1.37 bits per heavy atom. The molecule has 0 aliphatic carbocycles. The summed E-state index contributed by atoms with van der Waals surface area (Å²) in [6.07, 6.45) is 2.64. The summed E-state index contributed by atoms with van der Waals surface area (Å²) in [7, 11) is 0. The summed E-state index contributed by atoms with van der Waals surface area (Å²) in [6, 6.07) is 20.0. The summed E-state index contributed by atoms with van der Waals surface area (Å²) in [6.45, 7) is 2.41. The van der Waals surface area contributed by atoms with Gasteiger partial charge in [-0.1, -0.05) is 58.4 Å². The molecule has 0 bridgehead atoms. The van der Waals surface area contributed by atoms with Gasteiger partial charge in [-0.2, -0.15) is 0 Å². The van der Waals surface area contributed by atoms with Gasteiger partial charge in [0, 0.05) is 4.47 Å². The van der Waals surface area contributed by atoms with Gasteiger partial charge in [0.25, 0.3) is 0 Å². The van der Waals surface area contributed by atoms with Crippen molar-refractivity contribution in [1.29, 1.82) is 0 Å². The Balaban J connectivity index is 1.98. The van der Waals surface area contributed by atoms with E-state index in [2.05, 4.69) is 75.4 Å². The van der Waals surface area contributed by atoms with Crippen LogP contribution in [0.1, 0.15) is 30.0 Å². The molecule has 0 amide bonds. The molecule has 3 rings (SSSR count). The Morgan fingerprint density at radius 3 is 2.00 bits per heavy atom. The van der Waals surface area contributed by atoms with Crippen molar-refractivity contribution in [2.24, 2.45) is 0 Å². The van der Waals surface area contributed by atoms with Crippen LogP contribution in [0.3, 0.4) is 0 Å². The topological polar surface area (TPSA) is 3.24 Å². The molecule has 0 unspecified atom stereocenters. The van der Waals surface area contributed by atoms with Crippen LogP contribution in [0.15, 0.2) is 59.1 Å². The van der Waals surface area contributed by atoms with Gasteiger partial charge in [0.1, 0.15) is 0 Å². The first-order valence-corrected chi connectivity index (χ1v) is 7.68. The van der Waals surface area contributed by atoms with Crippen molar-refractivity contribution in [2.45, 2.75) is 18.9 Å². The van der Waals surface area contributed by atoms with Gasteiger partial charge in [-0.25, -0.2) is 0 Å². The van der Waals surface area contributed by atoms with Gasteiger partial charge >= 0.3 is 0 Å². The van der Waals surface area contributed by atoms with Gasteiger partial charge < -0.3 is 0 Å². The predicted molar refractivity (Wildman–Crippen MR) is 83.2 cm³/mol. The Kier molecular flexibility index (Phi) is 4.00. The molecule has 0 N–H and O–H groups in total. The molecule has 1 atom stereocenters. The van der Waals surface area contributed by atoms with E-state index in [1.807, 2.05) is 0 Å². The largest absolute Gasteiger partial charge is 0.292 e. The fraction of sp³-hybridized carbons (Fsp3) is 0.294. The van der Waals surface area contributed by atoms with Crippen LogP contribution in [0.4, 0.5) is 0 Å². The molecule has 0 aromatic heterocycles. The summed E-state index contributed by atoms with van der Waals surface area (Å²) in [5.41, 5.74) is 2.78. The van der Waals surface area contributed by atoms with Crippen molar-refractivity contribution >= 4 is 15.9 Å². The second kappa shape index (κ2) is 5.89. The third-order valence-electron chi connectivity index (χ3n) is 3.81. The second-order valence-electron chi connectivity index (χ2n) is 5.11. The lowest BCUT2D eigenvalue weighted by Crippen LogP contribution is -2.26. The molecule has 1 aliphatic heterocycles. The van der Waals surface area contributed by atoms with E-state index < -0.39 is 0 Å². The molecule has 2 aromatic rings. The lowest BCUT2D eigenvalue weighted by Gasteiger charge is -2.28. The fourth-order valence-corrected chi connectivity index (χ4v) is 3.16. The monoisotopic (exact) mass is 315 g/mol. The second-order valence-corrected chi connectivity index (χ2v) is 6.02. The smallest absolute Gasteiger partial charge is 0.0601 e. The standard InChI is InChI=1S/C17H18BrN/c18-16-10-8-15(9-11-16)17(19-12-4-5-13-19)14-6-2-1-3-7-14/h1-3,6-11,17H,4-5,12-13H2/t17-/m0/s1. The third kappa shape index (κ3) is 2.90. The molecular weight excluding hydrogens is 298 g/mol. The zero-order chi connectivity index (χ0) is 13.1. The van der Waals surface area contributed by atoms with E-state index in [0.717, 1.165) is 4.47 Å². The fourth-order valence-electron chi connectivity index (χ4n) is 2.89. The van der Waals surface area contributed by atoms with Crippen LogP contribution < -0.4 is 0 Å². The highest BCUT2D eigenvalue weighted by Crippen LogP contribution is 2.31. The number of likely N-dealkylation sites (tertiary alicyclic amines) is 1. The maximum atomic E-state index is 3.52. The Morgan fingerprint density at radius 1 is 0.789 bits per heavy atom. The van der Waals surface area contributed by atoms with Crippen molar-refractivity contribution in [2.75, 3.05) is 13.1 Å². The van der Waals surface area contributed by atoms with Crippen molar-refractivity contribution in [1.82, 2.24) is 4.90 Å². The van der Waals surface area contributed by atoms with E-state index in [4.69, 9.17) is 0 Å². The van der Waals surface area contributed by atoms with Crippen LogP contribution in [-0.4, -0.2) is 18.0 Å². The van der Waals surface area contributed by atoms with Crippen LogP contribution in [0, 0.1) is 0 Å². The highest BCUT2D eigenvalue weighted by atomic mass is 79.9. The first-order valence-electron chi connectivity index (χ1n) is 6.89. The number of nitrogens with zero attached hydrogens (tertiary/aromatic N) is 1. The van der Waals surface area contributed by atoms with Gasteiger partial charge in [0.05, 0.1) is 6.04 Å². The van der Waals surface area contributed by atoms with Crippen molar-refractivity contribution in [3.05, 3.63) is 70.2 Å². The Bertz CT molecular complexity index is 515. The van der Waals surface area contributed by atoms with E-state index in [1.165, 1.54) is 37.1 Å². The van der Waals surface area contributed by atoms with Crippen LogP contribution in [0.2, 0.25) is 0 Å². The van der Waals surface area contributed by atoms with Crippen LogP contribution in [-0.2, 0) is 0 Å². The number of rotatable bonds is 3. The van der Waals surface area contributed by atoms with Crippen molar-refractivity contribution in [3.8, 4) is 0 Å². The minimum Gasteiger partial charge on any atom is -0.292 e. The average molecular weight is 316 g/mol. The van der Waals surface area contributed by atoms with E-state index in [1.54, 1.807) is 0 Å². The molecule has 0 radical (unpaired) electrons. The van der Waals surface area contributed by atoms with E-state index in [0.29, 0.717) is 6.04 Å². The molecule has 19 heavy (non-hydrogen) atoms. The molecule has 2 heteroatoms. The lowest BCUT2D eigenvalue weighted by atomic mass is 9.97. The number of halogens is 1. The first kappa shape index (κ1) is 12.9. The van der Waals surface area contributed by atoms with Crippen molar-refractivity contribution in [3.63, 3.8) is 0 Å². The van der Waals surface area contributed by atoms with Gasteiger partial charge in [-0.3, -0.25) is 4.90 Å². The molecule has 1 fully saturated rings. The summed E-state index contributed by atoms with van der Waals surface area (Å²) in [5, 5.41) is 0. The molecule has 0 saturated carbocycles. The Hall–Kier alpha value is -1.12. The summed E-state index contributed by atoms with van der Waals surface area (Å²) in [4.78, 5) is 2.60. The first-order chi connectivity index (χ1) is 9.34. The number of benzene rings is 2. The van der Waals surface area contributed by atoms with Gasteiger partial charge in [0.2, 0.25) is 0 Å². The summed E-state index contributed by atoms with van der Waals surface area (Å²) >= 11 is 3.52. The van der Waals surface area contributed by atoms with Crippen LogP contribution >= 0.6 is 15.9 Å². The van der Waals surface area contributed by atoms with E-state index >= 15 is 0 Å². The molecule has 1 aliphatic rings. The molecule has 1 heterocycles. The minimum absolute atomic E-state index is 0.400. The van der Waals surface area contributed by atoms with Crippen LogP contribution in [0.25, 0.3) is 0 Å². The molecule has 98 valence electrons. The molecule has 2 aromatic carbocycles. The SMILES string of the molecule is Brc1ccc([C@H](c2ccccc2)N2CCCC2)cc1. The normalized spacial score (nSPS) is 17.5. The average Bonchev–Trinajstić information content (AvgIpc) is 2.96. The van der Waals surface area contributed by atoms with Crippen molar-refractivity contribution < 1.29 is 0 Å². The molecule has 0 spiro atoms.